The van der Waals surface area contributed by atoms with Crippen LogP contribution in [0.3, 0.4) is 0 Å². The van der Waals surface area contributed by atoms with Crippen molar-refractivity contribution in [3.8, 4) is 0 Å². The van der Waals surface area contributed by atoms with E-state index in [1.54, 1.807) is 0 Å². The molecule has 1 aliphatic heterocycles. The number of carbonyl (C=O) groups is 1. The molecule has 4 nitrogen and oxygen atoms in total. The van der Waals surface area contributed by atoms with Crippen LogP contribution >= 0.6 is 0 Å². The smallest absolute Gasteiger partial charge is 0.325 e. The Morgan fingerprint density at radius 2 is 1.90 bits per heavy atom. The van der Waals surface area contributed by atoms with Crippen LogP contribution < -0.4 is 5.32 Å². The highest BCUT2D eigenvalue weighted by atomic mass is 16.5. The van der Waals surface area contributed by atoms with Crippen molar-refractivity contribution in [1.29, 1.82) is 0 Å². The van der Waals surface area contributed by atoms with E-state index in [1.807, 2.05) is 6.92 Å². The third kappa shape index (κ3) is 3.95. The summed E-state index contributed by atoms with van der Waals surface area (Å²) >= 11 is 0. The molecule has 116 valence electrons. The summed E-state index contributed by atoms with van der Waals surface area (Å²) in [6.45, 7) is 10.1. The van der Waals surface area contributed by atoms with E-state index in [0.29, 0.717) is 6.04 Å². The summed E-state index contributed by atoms with van der Waals surface area (Å²) in [7, 11) is 1.49. The van der Waals surface area contributed by atoms with Crippen molar-refractivity contribution in [2.24, 2.45) is 11.8 Å². The normalized spacial score (nSPS) is 30.2. The zero-order valence-electron chi connectivity index (χ0n) is 13.4. The van der Waals surface area contributed by atoms with Crippen LogP contribution in [-0.2, 0) is 9.53 Å². The number of methoxy groups -OCH3 is 1. The summed E-state index contributed by atoms with van der Waals surface area (Å²) in [5, 5.41) is 3.47. The lowest BCUT2D eigenvalue weighted by molar-refractivity contribution is -0.148. The quantitative estimate of drug-likeness (QED) is 0.726. The average molecular weight is 282 g/mol. The summed E-state index contributed by atoms with van der Waals surface area (Å²) in [6, 6.07) is 0.519. The van der Waals surface area contributed by atoms with Gasteiger partial charge >= 0.3 is 5.97 Å². The van der Waals surface area contributed by atoms with Gasteiger partial charge in [-0.2, -0.15) is 0 Å². The lowest BCUT2D eigenvalue weighted by atomic mass is 9.95. The van der Waals surface area contributed by atoms with E-state index in [0.717, 1.165) is 31.2 Å². The molecule has 3 unspecified atom stereocenters. The van der Waals surface area contributed by atoms with Crippen LogP contribution in [0.2, 0.25) is 0 Å². The first kappa shape index (κ1) is 15.8. The summed E-state index contributed by atoms with van der Waals surface area (Å²) in [5.74, 6) is 1.48. The van der Waals surface area contributed by atoms with Gasteiger partial charge in [0.15, 0.2) is 0 Å². The Bertz CT molecular complexity index is 333. The summed E-state index contributed by atoms with van der Waals surface area (Å²) in [4.78, 5) is 14.6. The van der Waals surface area contributed by atoms with Gasteiger partial charge in [-0.3, -0.25) is 10.1 Å². The number of hydrogen-bond donors (Lipinski definition) is 1. The maximum Gasteiger partial charge on any atom is 0.325 e. The van der Waals surface area contributed by atoms with Gasteiger partial charge in [-0.25, -0.2) is 0 Å². The Morgan fingerprint density at radius 3 is 2.40 bits per heavy atom. The summed E-state index contributed by atoms with van der Waals surface area (Å²) < 4.78 is 4.99. The average Bonchev–Trinajstić information content (AvgIpc) is 3.15. The number of ether oxygens (including phenoxy) is 1. The van der Waals surface area contributed by atoms with Crippen LogP contribution in [0, 0.1) is 11.8 Å². The fraction of sp³-hybridized carbons (Fsp3) is 0.938. The highest BCUT2D eigenvalue weighted by Crippen LogP contribution is 2.27. The molecule has 0 bridgehead atoms. The number of carbonyl (C=O) groups excluding carboxylic acids is 1. The standard InChI is InChI=1S/C16H30N2O2/c1-12-10-18(11-13(12)2)9-5-8-16(3,15(19)20-4)17-14-6-7-14/h12-14,17H,5-11H2,1-4H3. The number of nitrogens with one attached hydrogen (secondary N) is 1. The molecule has 1 saturated heterocycles. The minimum atomic E-state index is -0.507. The third-order valence-corrected chi connectivity index (χ3v) is 4.95. The van der Waals surface area contributed by atoms with E-state index >= 15 is 0 Å². The van der Waals surface area contributed by atoms with Crippen LogP contribution in [0.5, 0.6) is 0 Å². The molecule has 0 radical (unpaired) electrons. The molecule has 0 amide bonds. The third-order valence-electron chi connectivity index (χ3n) is 4.95. The van der Waals surface area contributed by atoms with Crippen molar-refractivity contribution in [1.82, 2.24) is 10.2 Å². The van der Waals surface area contributed by atoms with E-state index in [9.17, 15) is 4.79 Å². The van der Waals surface area contributed by atoms with Gasteiger partial charge in [-0.15, -0.1) is 0 Å². The second-order valence-electron chi connectivity index (χ2n) is 7.06. The molecule has 2 aliphatic rings. The van der Waals surface area contributed by atoms with Crippen LogP contribution in [0.25, 0.3) is 0 Å². The molecule has 0 aromatic carbocycles. The van der Waals surface area contributed by atoms with Gasteiger partial charge in [-0.05, 0) is 51.0 Å². The lowest BCUT2D eigenvalue weighted by Gasteiger charge is -2.29. The van der Waals surface area contributed by atoms with E-state index in [1.165, 1.54) is 33.0 Å². The van der Waals surface area contributed by atoms with Gasteiger partial charge in [-0.1, -0.05) is 13.8 Å². The number of nitrogens with zero attached hydrogens (tertiary/aromatic N) is 1. The molecule has 2 rings (SSSR count). The first-order chi connectivity index (χ1) is 9.44. The second kappa shape index (κ2) is 6.44. The van der Waals surface area contributed by atoms with Gasteiger partial charge in [0.05, 0.1) is 7.11 Å². The molecule has 1 N–H and O–H groups in total. The zero-order valence-corrected chi connectivity index (χ0v) is 13.4. The fourth-order valence-electron chi connectivity index (χ4n) is 3.22. The van der Waals surface area contributed by atoms with Gasteiger partial charge in [0, 0.05) is 19.1 Å². The van der Waals surface area contributed by atoms with Gasteiger partial charge in [0.2, 0.25) is 0 Å². The minimum Gasteiger partial charge on any atom is -0.468 e. The molecule has 4 heteroatoms. The molecule has 2 fully saturated rings. The number of rotatable bonds is 7. The molecular formula is C16H30N2O2. The molecule has 20 heavy (non-hydrogen) atoms. The molecule has 3 atom stereocenters. The highest BCUT2D eigenvalue weighted by molar-refractivity contribution is 5.80. The molecule has 1 heterocycles. The largest absolute Gasteiger partial charge is 0.468 e. The Kier molecular flexibility index (Phi) is 5.08. The van der Waals surface area contributed by atoms with Crippen molar-refractivity contribution in [2.45, 2.75) is 58.0 Å². The molecule has 1 aliphatic carbocycles. The number of hydrogen-bond acceptors (Lipinski definition) is 4. The summed E-state index contributed by atoms with van der Waals surface area (Å²) in [5.41, 5.74) is -0.507. The minimum absolute atomic E-state index is 0.118. The summed E-state index contributed by atoms with van der Waals surface area (Å²) in [6.07, 6.45) is 4.28. The monoisotopic (exact) mass is 282 g/mol. The Hall–Kier alpha value is -0.610. The van der Waals surface area contributed by atoms with E-state index in [-0.39, 0.29) is 5.97 Å². The van der Waals surface area contributed by atoms with Crippen molar-refractivity contribution >= 4 is 5.97 Å². The molecule has 0 aromatic rings. The zero-order chi connectivity index (χ0) is 14.8. The van der Waals surface area contributed by atoms with Crippen molar-refractivity contribution < 1.29 is 9.53 Å². The fourth-order valence-corrected chi connectivity index (χ4v) is 3.22. The lowest BCUT2D eigenvalue weighted by Crippen LogP contribution is -2.51. The first-order valence-electron chi connectivity index (χ1n) is 8.03. The first-order valence-corrected chi connectivity index (χ1v) is 8.03. The van der Waals surface area contributed by atoms with E-state index in [2.05, 4.69) is 24.1 Å². The maximum absolute atomic E-state index is 12.0. The van der Waals surface area contributed by atoms with Gasteiger partial charge < -0.3 is 9.64 Å². The predicted molar refractivity (Wildman–Crippen MR) is 80.6 cm³/mol. The molecule has 1 saturated carbocycles. The topological polar surface area (TPSA) is 41.6 Å². The van der Waals surface area contributed by atoms with Crippen LogP contribution in [0.1, 0.15) is 46.5 Å². The highest BCUT2D eigenvalue weighted by Gasteiger charge is 2.39. The van der Waals surface area contributed by atoms with Gasteiger partial charge in [0.1, 0.15) is 5.54 Å². The van der Waals surface area contributed by atoms with E-state index in [4.69, 9.17) is 4.74 Å². The van der Waals surface area contributed by atoms with Crippen LogP contribution in [0.15, 0.2) is 0 Å². The Balaban J connectivity index is 1.78. The van der Waals surface area contributed by atoms with Crippen LogP contribution in [0.4, 0.5) is 0 Å². The van der Waals surface area contributed by atoms with Crippen molar-refractivity contribution in [3.63, 3.8) is 0 Å². The Morgan fingerprint density at radius 1 is 1.30 bits per heavy atom. The van der Waals surface area contributed by atoms with Gasteiger partial charge in [0.25, 0.3) is 0 Å². The second-order valence-corrected chi connectivity index (χ2v) is 7.06. The Labute approximate surface area is 123 Å². The SMILES string of the molecule is COC(=O)C(C)(CCCN1CC(C)C(C)C1)NC1CC1. The number of likely N-dealkylation sites (tertiary alicyclic amines) is 1. The molecule has 0 spiro atoms. The number of esters is 1. The van der Waals surface area contributed by atoms with Crippen molar-refractivity contribution in [3.05, 3.63) is 0 Å². The molecule has 0 aromatic heterocycles. The maximum atomic E-state index is 12.0. The van der Waals surface area contributed by atoms with E-state index < -0.39 is 5.54 Å². The predicted octanol–water partition coefficient (Wildman–Crippen LogP) is 2.04. The van der Waals surface area contributed by atoms with Crippen molar-refractivity contribution in [2.75, 3.05) is 26.7 Å². The molecular weight excluding hydrogens is 252 g/mol. The van der Waals surface area contributed by atoms with Crippen LogP contribution in [-0.4, -0.2) is 49.2 Å².